The van der Waals surface area contributed by atoms with E-state index in [1.54, 1.807) is 18.5 Å². The second kappa shape index (κ2) is 4.59. The molecule has 0 amide bonds. The van der Waals surface area contributed by atoms with Crippen LogP contribution >= 0.6 is 0 Å². The van der Waals surface area contributed by atoms with E-state index in [1.165, 1.54) is 0 Å². The molecule has 0 spiro atoms. The Morgan fingerprint density at radius 2 is 1.83 bits per heavy atom. The standard InChI is InChI=1S/C9H13NO2/c1-3-11-8-5-6-10-7-9(8)12-4-2/h5-7H,3-4H2,1-2H3. The molecule has 0 fully saturated rings. The van der Waals surface area contributed by atoms with E-state index in [0.29, 0.717) is 19.0 Å². The lowest BCUT2D eigenvalue weighted by Gasteiger charge is -2.08. The highest BCUT2D eigenvalue weighted by atomic mass is 16.5. The van der Waals surface area contributed by atoms with E-state index in [4.69, 9.17) is 9.47 Å². The normalized spacial score (nSPS) is 9.50. The topological polar surface area (TPSA) is 31.4 Å². The zero-order valence-corrected chi connectivity index (χ0v) is 7.41. The minimum atomic E-state index is 0.631. The van der Waals surface area contributed by atoms with Crippen LogP contribution in [-0.4, -0.2) is 18.2 Å². The van der Waals surface area contributed by atoms with Gasteiger partial charge in [0.05, 0.1) is 19.4 Å². The fourth-order valence-electron chi connectivity index (χ4n) is 0.906. The molecule has 3 heteroatoms. The molecule has 0 aliphatic rings. The number of hydrogen-bond donors (Lipinski definition) is 0. The van der Waals surface area contributed by atoms with Crippen LogP contribution in [0.5, 0.6) is 11.5 Å². The number of aromatic nitrogens is 1. The molecule has 0 saturated heterocycles. The minimum absolute atomic E-state index is 0.631. The molecular formula is C9H13NO2. The van der Waals surface area contributed by atoms with Gasteiger partial charge in [-0.15, -0.1) is 0 Å². The van der Waals surface area contributed by atoms with Gasteiger partial charge < -0.3 is 9.47 Å². The van der Waals surface area contributed by atoms with E-state index >= 15 is 0 Å². The summed E-state index contributed by atoms with van der Waals surface area (Å²) in [5.74, 6) is 1.47. The van der Waals surface area contributed by atoms with Crippen molar-refractivity contribution >= 4 is 0 Å². The van der Waals surface area contributed by atoms with Gasteiger partial charge in [-0.3, -0.25) is 4.98 Å². The smallest absolute Gasteiger partial charge is 0.179 e. The van der Waals surface area contributed by atoms with Crippen molar-refractivity contribution in [3.63, 3.8) is 0 Å². The molecule has 0 aromatic carbocycles. The van der Waals surface area contributed by atoms with Gasteiger partial charge in [0.25, 0.3) is 0 Å². The Hall–Kier alpha value is -1.25. The molecule has 0 saturated carbocycles. The first kappa shape index (κ1) is 8.84. The van der Waals surface area contributed by atoms with Gasteiger partial charge in [0.15, 0.2) is 11.5 Å². The van der Waals surface area contributed by atoms with Gasteiger partial charge >= 0.3 is 0 Å². The maximum absolute atomic E-state index is 5.32. The quantitative estimate of drug-likeness (QED) is 0.686. The minimum Gasteiger partial charge on any atom is -0.490 e. The molecule has 1 aromatic rings. The summed E-state index contributed by atoms with van der Waals surface area (Å²) < 4.78 is 10.6. The third-order valence-electron chi connectivity index (χ3n) is 1.35. The number of nitrogens with zero attached hydrogens (tertiary/aromatic N) is 1. The summed E-state index contributed by atoms with van der Waals surface area (Å²) in [7, 11) is 0. The van der Waals surface area contributed by atoms with Gasteiger partial charge in [-0.25, -0.2) is 0 Å². The Bertz CT molecular complexity index is 213. The predicted octanol–water partition coefficient (Wildman–Crippen LogP) is 1.88. The van der Waals surface area contributed by atoms with Crippen molar-refractivity contribution in [3.8, 4) is 11.5 Å². The number of hydrogen-bond acceptors (Lipinski definition) is 3. The average Bonchev–Trinajstić information content (AvgIpc) is 2.09. The van der Waals surface area contributed by atoms with Gasteiger partial charge in [0, 0.05) is 12.3 Å². The Labute approximate surface area is 72.3 Å². The van der Waals surface area contributed by atoms with E-state index in [9.17, 15) is 0 Å². The van der Waals surface area contributed by atoms with Crippen molar-refractivity contribution < 1.29 is 9.47 Å². The fraction of sp³-hybridized carbons (Fsp3) is 0.444. The van der Waals surface area contributed by atoms with E-state index in [1.807, 2.05) is 13.8 Å². The number of pyridine rings is 1. The van der Waals surface area contributed by atoms with Gasteiger partial charge in [-0.1, -0.05) is 0 Å². The lowest BCUT2D eigenvalue weighted by molar-refractivity contribution is 0.286. The zero-order chi connectivity index (χ0) is 8.81. The molecule has 3 nitrogen and oxygen atoms in total. The maximum atomic E-state index is 5.32. The summed E-state index contributed by atoms with van der Waals surface area (Å²) in [5.41, 5.74) is 0. The molecule has 12 heavy (non-hydrogen) atoms. The molecule has 1 rings (SSSR count). The van der Waals surface area contributed by atoms with E-state index in [0.717, 1.165) is 5.75 Å². The average molecular weight is 167 g/mol. The monoisotopic (exact) mass is 167 g/mol. The van der Waals surface area contributed by atoms with Crippen molar-refractivity contribution in [1.29, 1.82) is 0 Å². The summed E-state index contributed by atoms with van der Waals surface area (Å²) in [5, 5.41) is 0. The van der Waals surface area contributed by atoms with Gasteiger partial charge in [-0.2, -0.15) is 0 Å². The first-order chi connectivity index (χ1) is 5.88. The highest BCUT2D eigenvalue weighted by molar-refractivity contribution is 5.36. The van der Waals surface area contributed by atoms with Crippen molar-refractivity contribution in [1.82, 2.24) is 4.98 Å². The van der Waals surface area contributed by atoms with Crippen LogP contribution in [0, 0.1) is 0 Å². The highest BCUT2D eigenvalue weighted by Crippen LogP contribution is 2.24. The second-order valence-corrected chi connectivity index (χ2v) is 2.19. The van der Waals surface area contributed by atoms with Gasteiger partial charge in [-0.05, 0) is 13.8 Å². The fourth-order valence-corrected chi connectivity index (χ4v) is 0.906. The molecule has 0 atom stereocenters. The van der Waals surface area contributed by atoms with Crippen molar-refractivity contribution in [2.45, 2.75) is 13.8 Å². The predicted molar refractivity (Wildman–Crippen MR) is 46.6 cm³/mol. The van der Waals surface area contributed by atoms with Crippen LogP contribution in [0.25, 0.3) is 0 Å². The van der Waals surface area contributed by atoms with E-state index in [2.05, 4.69) is 4.98 Å². The van der Waals surface area contributed by atoms with Crippen molar-refractivity contribution in [2.24, 2.45) is 0 Å². The lowest BCUT2D eigenvalue weighted by atomic mass is 10.4. The third kappa shape index (κ3) is 2.12. The molecule has 0 aliphatic heterocycles. The molecule has 1 aromatic heterocycles. The Balaban J connectivity index is 2.77. The third-order valence-corrected chi connectivity index (χ3v) is 1.35. The molecular weight excluding hydrogens is 154 g/mol. The van der Waals surface area contributed by atoms with E-state index in [-0.39, 0.29) is 0 Å². The first-order valence-corrected chi connectivity index (χ1v) is 4.08. The van der Waals surface area contributed by atoms with Crippen LogP contribution in [0.3, 0.4) is 0 Å². The first-order valence-electron chi connectivity index (χ1n) is 4.08. The van der Waals surface area contributed by atoms with Crippen LogP contribution in [0.2, 0.25) is 0 Å². The number of ether oxygens (including phenoxy) is 2. The summed E-state index contributed by atoms with van der Waals surface area (Å²) in [6.45, 7) is 5.15. The molecule has 0 radical (unpaired) electrons. The zero-order valence-electron chi connectivity index (χ0n) is 7.41. The summed E-state index contributed by atoms with van der Waals surface area (Å²) in [6, 6.07) is 1.80. The Morgan fingerprint density at radius 3 is 2.50 bits per heavy atom. The van der Waals surface area contributed by atoms with Crippen LogP contribution in [0.4, 0.5) is 0 Å². The highest BCUT2D eigenvalue weighted by Gasteiger charge is 2.01. The number of rotatable bonds is 4. The van der Waals surface area contributed by atoms with E-state index < -0.39 is 0 Å². The molecule has 0 unspecified atom stereocenters. The van der Waals surface area contributed by atoms with Crippen molar-refractivity contribution in [2.75, 3.05) is 13.2 Å². The molecule has 66 valence electrons. The second-order valence-electron chi connectivity index (χ2n) is 2.19. The van der Waals surface area contributed by atoms with Gasteiger partial charge in [0.2, 0.25) is 0 Å². The Morgan fingerprint density at radius 1 is 1.17 bits per heavy atom. The molecule has 0 bridgehead atoms. The maximum Gasteiger partial charge on any atom is 0.179 e. The SMILES string of the molecule is CCOc1ccncc1OCC. The lowest BCUT2D eigenvalue weighted by Crippen LogP contribution is -1.98. The largest absolute Gasteiger partial charge is 0.490 e. The molecule has 0 aliphatic carbocycles. The summed E-state index contributed by atoms with van der Waals surface area (Å²) >= 11 is 0. The summed E-state index contributed by atoms with van der Waals surface area (Å²) in [4.78, 5) is 3.94. The van der Waals surface area contributed by atoms with Crippen LogP contribution in [-0.2, 0) is 0 Å². The Kier molecular flexibility index (Phi) is 3.38. The molecule has 1 heterocycles. The summed E-state index contributed by atoms with van der Waals surface area (Å²) in [6.07, 6.45) is 3.35. The molecule has 0 N–H and O–H groups in total. The van der Waals surface area contributed by atoms with Crippen molar-refractivity contribution in [3.05, 3.63) is 18.5 Å². The van der Waals surface area contributed by atoms with Gasteiger partial charge in [0.1, 0.15) is 0 Å². The van der Waals surface area contributed by atoms with Crippen LogP contribution in [0.15, 0.2) is 18.5 Å². The van der Waals surface area contributed by atoms with Crippen LogP contribution < -0.4 is 9.47 Å². The van der Waals surface area contributed by atoms with Crippen LogP contribution in [0.1, 0.15) is 13.8 Å².